The molecule has 0 saturated heterocycles. The number of hydroxylamine groups is 1. The van der Waals surface area contributed by atoms with Crippen molar-refractivity contribution in [2.24, 2.45) is 11.7 Å². The van der Waals surface area contributed by atoms with E-state index in [0.717, 1.165) is 0 Å². The summed E-state index contributed by atoms with van der Waals surface area (Å²) in [7, 11) is 0. The van der Waals surface area contributed by atoms with Crippen LogP contribution in [0.4, 0.5) is 0 Å². The first kappa shape index (κ1) is 13.4. The van der Waals surface area contributed by atoms with E-state index < -0.39 is 5.54 Å². The van der Waals surface area contributed by atoms with Gasteiger partial charge in [-0.1, -0.05) is 27.7 Å². The summed E-state index contributed by atoms with van der Waals surface area (Å²) in [4.78, 5) is 16.6. The molecule has 0 aliphatic carbocycles. The summed E-state index contributed by atoms with van der Waals surface area (Å²) in [5, 5.41) is 0. The number of hydrogen-bond donors (Lipinski definition) is 2. The Morgan fingerprint density at radius 3 is 2.29 bits per heavy atom. The number of carbonyl (C=O) groups excluding carboxylic acids is 1. The molecule has 0 aromatic rings. The van der Waals surface area contributed by atoms with Gasteiger partial charge in [0.15, 0.2) is 0 Å². The van der Waals surface area contributed by atoms with Crippen LogP contribution < -0.4 is 11.2 Å². The molecule has 0 saturated carbocycles. The fourth-order valence-corrected chi connectivity index (χ4v) is 0.947. The molecule has 0 unspecified atom stereocenters. The minimum atomic E-state index is -0.795. The summed E-state index contributed by atoms with van der Waals surface area (Å²) in [6, 6.07) is 0. The van der Waals surface area contributed by atoms with Crippen LogP contribution in [-0.2, 0) is 9.63 Å². The average molecular weight is 202 g/mol. The average Bonchev–Trinajstić information content (AvgIpc) is 2.15. The molecule has 0 spiro atoms. The van der Waals surface area contributed by atoms with Crippen molar-refractivity contribution in [1.29, 1.82) is 0 Å². The van der Waals surface area contributed by atoms with Gasteiger partial charge in [0, 0.05) is 0 Å². The second-order valence-electron chi connectivity index (χ2n) is 4.00. The highest BCUT2D eigenvalue weighted by Crippen LogP contribution is 2.10. The molecule has 1 amide bonds. The van der Waals surface area contributed by atoms with Crippen molar-refractivity contribution in [3.63, 3.8) is 0 Å². The highest BCUT2D eigenvalue weighted by molar-refractivity contribution is 5.84. The molecule has 0 bridgehead atoms. The van der Waals surface area contributed by atoms with E-state index in [2.05, 4.69) is 5.48 Å². The van der Waals surface area contributed by atoms with Crippen LogP contribution in [0, 0.1) is 5.92 Å². The van der Waals surface area contributed by atoms with Gasteiger partial charge in [-0.3, -0.25) is 9.63 Å². The van der Waals surface area contributed by atoms with E-state index in [1.165, 1.54) is 0 Å². The molecule has 3 N–H and O–H groups in total. The first-order chi connectivity index (χ1) is 6.46. The second-order valence-corrected chi connectivity index (χ2v) is 4.00. The molecule has 84 valence electrons. The number of carbonyl (C=O) groups is 1. The van der Waals surface area contributed by atoms with E-state index in [4.69, 9.17) is 10.6 Å². The van der Waals surface area contributed by atoms with Crippen molar-refractivity contribution < 1.29 is 9.63 Å². The molecule has 0 rings (SSSR count). The Morgan fingerprint density at radius 1 is 1.43 bits per heavy atom. The lowest BCUT2D eigenvalue weighted by atomic mass is 9.94. The predicted molar refractivity (Wildman–Crippen MR) is 56.4 cm³/mol. The van der Waals surface area contributed by atoms with Gasteiger partial charge < -0.3 is 5.73 Å². The highest BCUT2D eigenvalue weighted by atomic mass is 16.7. The van der Waals surface area contributed by atoms with Crippen LogP contribution in [0.15, 0.2) is 0 Å². The van der Waals surface area contributed by atoms with Crippen LogP contribution in [0.2, 0.25) is 0 Å². The Morgan fingerprint density at radius 2 is 1.93 bits per heavy atom. The molecule has 0 atom stereocenters. The molecule has 0 aliphatic heterocycles. The first-order valence-corrected chi connectivity index (χ1v) is 5.17. The molecule has 0 heterocycles. The third-order valence-electron chi connectivity index (χ3n) is 2.30. The maximum Gasteiger partial charge on any atom is 0.263 e. The van der Waals surface area contributed by atoms with Crippen molar-refractivity contribution in [2.45, 2.75) is 46.1 Å². The Bertz CT molecular complexity index is 177. The van der Waals surface area contributed by atoms with Gasteiger partial charge >= 0.3 is 0 Å². The molecule has 4 heteroatoms. The van der Waals surface area contributed by atoms with Crippen molar-refractivity contribution >= 4 is 5.91 Å². The molecule has 0 radical (unpaired) electrons. The number of amides is 1. The third kappa shape index (κ3) is 4.07. The number of hydrogen-bond acceptors (Lipinski definition) is 3. The minimum Gasteiger partial charge on any atom is -0.317 e. The van der Waals surface area contributed by atoms with Crippen molar-refractivity contribution in [3.05, 3.63) is 0 Å². The van der Waals surface area contributed by atoms with Crippen LogP contribution in [-0.4, -0.2) is 18.1 Å². The van der Waals surface area contributed by atoms with E-state index in [9.17, 15) is 4.79 Å². The van der Waals surface area contributed by atoms with Gasteiger partial charge in [0.05, 0.1) is 12.1 Å². The number of nitrogens with two attached hydrogens (primary N) is 1. The molecule has 14 heavy (non-hydrogen) atoms. The maximum absolute atomic E-state index is 11.5. The van der Waals surface area contributed by atoms with Gasteiger partial charge in [0.25, 0.3) is 5.91 Å². The van der Waals surface area contributed by atoms with Gasteiger partial charge in [-0.15, -0.1) is 0 Å². The van der Waals surface area contributed by atoms with Gasteiger partial charge in [-0.25, -0.2) is 5.48 Å². The smallest absolute Gasteiger partial charge is 0.263 e. The van der Waals surface area contributed by atoms with Crippen molar-refractivity contribution in [1.82, 2.24) is 5.48 Å². The molecule has 0 fully saturated rings. The molecule has 0 aromatic carbocycles. The molecule has 0 aliphatic rings. The molecule has 4 nitrogen and oxygen atoms in total. The summed E-state index contributed by atoms with van der Waals surface area (Å²) in [5.74, 6) is 0.161. The van der Waals surface area contributed by atoms with E-state index in [0.29, 0.717) is 25.4 Å². The summed E-state index contributed by atoms with van der Waals surface area (Å²) in [6.07, 6.45) is 1.22. The van der Waals surface area contributed by atoms with Gasteiger partial charge in [-0.05, 0) is 18.8 Å². The first-order valence-electron chi connectivity index (χ1n) is 5.17. The molecular weight excluding hydrogens is 180 g/mol. The predicted octanol–water partition coefficient (Wildman–Crippen LogP) is 1.21. The van der Waals surface area contributed by atoms with Crippen LogP contribution in [0.3, 0.4) is 0 Å². The highest BCUT2D eigenvalue weighted by Gasteiger charge is 2.29. The fourth-order valence-electron chi connectivity index (χ4n) is 0.947. The Hall–Kier alpha value is -0.610. The lowest BCUT2D eigenvalue weighted by Crippen LogP contribution is -2.53. The quantitative estimate of drug-likeness (QED) is 0.636. The van der Waals surface area contributed by atoms with Gasteiger partial charge in [-0.2, -0.15) is 0 Å². The minimum absolute atomic E-state index is 0.233. The van der Waals surface area contributed by atoms with E-state index in [1.54, 1.807) is 0 Å². The Balaban J connectivity index is 3.94. The second kappa shape index (κ2) is 5.98. The van der Waals surface area contributed by atoms with Gasteiger partial charge in [0.2, 0.25) is 0 Å². The maximum atomic E-state index is 11.5. The summed E-state index contributed by atoms with van der Waals surface area (Å²) < 4.78 is 0. The Kier molecular flexibility index (Phi) is 5.72. The number of rotatable bonds is 6. The zero-order valence-electron chi connectivity index (χ0n) is 9.59. The van der Waals surface area contributed by atoms with Crippen LogP contribution in [0.5, 0.6) is 0 Å². The largest absolute Gasteiger partial charge is 0.317 e. The molecular formula is C10H22N2O2. The zero-order valence-corrected chi connectivity index (χ0v) is 9.59. The topological polar surface area (TPSA) is 64.4 Å². The Labute approximate surface area is 86.1 Å². The van der Waals surface area contributed by atoms with Crippen molar-refractivity contribution in [2.75, 3.05) is 6.61 Å². The third-order valence-corrected chi connectivity index (χ3v) is 2.30. The lowest BCUT2D eigenvalue weighted by Gasteiger charge is -2.24. The van der Waals surface area contributed by atoms with E-state index in [1.807, 2.05) is 27.7 Å². The van der Waals surface area contributed by atoms with E-state index in [-0.39, 0.29) is 5.91 Å². The van der Waals surface area contributed by atoms with Crippen LogP contribution >= 0.6 is 0 Å². The van der Waals surface area contributed by atoms with Crippen molar-refractivity contribution in [3.8, 4) is 0 Å². The standard InChI is InChI=1S/C10H22N2O2/c1-5-10(11,6-2)9(13)12-14-7-8(3)4/h8H,5-7,11H2,1-4H3,(H,12,13). The van der Waals surface area contributed by atoms with Gasteiger partial charge in [0.1, 0.15) is 0 Å². The fraction of sp³-hybridized carbons (Fsp3) is 0.900. The lowest BCUT2D eigenvalue weighted by molar-refractivity contribution is -0.140. The summed E-state index contributed by atoms with van der Waals surface area (Å²) in [5.41, 5.74) is 7.46. The SMILES string of the molecule is CCC(N)(CC)C(=O)NOCC(C)C. The normalized spacial score (nSPS) is 11.9. The summed E-state index contributed by atoms with van der Waals surface area (Å²) >= 11 is 0. The zero-order chi connectivity index (χ0) is 11.2. The summed E-state index contributed by atoms with van der Waals surface area (Å²) in [6.45, 7) is 8.33. The monoisotopic (exact) mass is 202 g/mol. The van der Waals surface area contributed by atoms with Crippen LogP contribution in [0.25, 0.3) is 0 Å². The number of nitrogens with one attached hydrogen (secondary N) is 1. The van der Waals surface area contributed by atoms with E-state index >= 15 is 0 Å². The van der Waals surface area contributed by atoms with Crippen LogP contribution in [0.1, 0.15) is 40.5 Å². The molecule has 0 aromatic heterocycles.